The molecule has 0 spiro atoms. The maximum Gasteiger partial charge on any atom is 0.257 e. The summed E-state index contributed by atoms with van der Waals surface area (Å²) in [6.45, 7) is 1.89. The first kappa shape index (κ1) is 16.1. The average Bonchev–Trinajstić information content (AvgIpc) is 2.45. The summed E-state index contributed by atoms with van der Waals surface area (Å²) in [5, 5.41) is 1.26. The molecule has 21 heavy (non-hydrogen) atoms. The lowest BCUT2D eigenvalue weighted by Gasteiger charge is -2.26. The van der Waals surface area contributed by atoms with Crippen LogP contribution in [0.2, 0.25) is 15.2 Å². The molecule has 0 fully saturated rings. The molecule has 0 N–H and O–H groups in total. The Labute approximate surface area is 138 Å². The minimum Gasteiger partial charge on any atom is -0.335 e. The predicted molar refractivity (Wildman–Crippen MR) is 86.2 cm³/mol. The smallest absolute Gasteiger partial charge is 0.257 e. The summed E-state index contributed by atoms with van der Waals surface area (Å²) < 4.78 is 0. The van der Waals surface area contributed by atoms with E-state index in [1.165, 1.54) is 0 Å². The fourth-order valence-corrected chi connectivity index (χ4v) is 2.73. The molecule has 0 aliphatic rings. The number of rotatable bonds is 3. The molecule has 1 atom stereocenters. The lowest BCUT2D eigenvalue weighted by molar-refractivity contribution is 0.0742. The number of nitrogens with zero attached hydrogens (tertiary/aromatic N) is 2. The van der Waals surface area contributed by atoms with E-state index in [0.29, 0.717) is 15.6 Å². The van der Waals surface area contributed by atoms with Crippen molar-refractivity contribution in [2.45, 2.75) is 13.0 Å². The first-order valence-corrected chi connectivity index (χ1v) is 7.38. The SMILES string of the molecule is CC(c1ccc(Cl)cc1Cl)N(C)C(=O)c1cccnc1Cl. The highest BCUT2D eigenvalue weighted by atomic mass is 35.5. The van der Waals surface area contributed by atoms with Crippen LogP contribution in [-0.4, -0.2) is 22.8 Å². The number of hydrogen-bond acceptors (Lipinski definition) is 2. The molecule has 1 amide bonds. The van der Waals surface area contributed by atoms with Gasteiger partial charge >= 0.3 is 0 Å². The topological polar surface area (TPSA) is 33.2 Å². The van der Waals surface area contributed by atoms with E-state index >= 15 is 0 Å². The Morgan fingerprint density at radius 3 is 2.57 bits per heavy atom. The third-order valence-electron chi connectivity index (χ3n) is 3.30. The van der Waals surface area contributed by atoms with Gasteiger partial charge in [0.05, 0.1) is 11.6 Å². The Hall–Kier alpha value is -1.29. The van der Waals surface area contributed by atoms with Crippen LogP contribution >= 0.6 is 34.8 Å². The molecule has 0 aliphatic carbocycles. The van der Waals surface area contributed by atoms with Gasteiger partial charge < -0.3 is 4.90 Å². The van der Waals surface area contributed by atoms with Crippen LogP contribution in [0.25, 0.3) is 0 Å². The number of hydrogen-bond donors (Lipinski definition) is 0. The molecule has 1 aromatic carbocycles. The maximum absolute atomic E-state index is 12.5. The van der Waals surface area contributed by atoms with Crippen molar-refractivity contribution in [2.75, 3.05) is 7.05 Å². The zero-order chi connectivity index (χ0) is 15.6. The van der Waals surface area contributed by atoms with Crippen LogP contribution in [0, 0.1) is 0 Å². The van der Waals surface area contributed by atoms with Crippen molar-refractivity contribution in [2.24, 2.45) is 0 Å². The lowest BCUT2D eigenvalue weighted by Crippen LogP contribution is -2.30. The normalized spacial score (nSPS) is 12.0. The molecule has 0 radical (unpaired) electrons. The molecular formula is C15H13Cl3N2O. The molecule has 110 valence electrons. The Kier molecular flexibility index (Phi) is 5.09. The second-order valence-electron chi connectivity index (χ2n) is 4.60. The fourth-order valence-electron chi connectivity index (χ4n) is 1.96. The molecular weight excluding hydrogens is 331 g/mol. The van der Waals surface area contributed by atoms with Crippen molar-refractivity contribution in [1.29, 1.82) is 0 Å². The maximum atomic E-state index is 12.5. The summed E-state index contributed by atoms with van der Waals surface area (Å²) >= 11 is 18.0. The third-order valence-corrected chi connectivity index (χ3v) is 4.17. The lowest BCUT2D eigenvalue weighted by atomic mass is 10.1. The largest absolute Gasteiger partial charge is 0.335 e. The van der Waals surface area contributed by atoms with Crippen LogP contribution < -0.4 is 0 Å². The molecule has 0 aliphatic heterocycles. The van der Waals surface area contributed by atoms with E-state index in [1.807, 2.05) is 13.0 Å². The average molecular weight is 344 g/mol. The first-order valence-electron chi connectivity index (χ1n) is 6.24. The summed E-state index contributed by atoms with van der Waals surface area (Å²) in [5.41, 5.74) is 1.18. The molecule has 0 saturated heterocycles. The van der Waals surface area contributed by atoms with Gasteiger partial charge in [0.1, 0.15) is 5.15 Å². The van der Waals surface area contributed by atoms with E-state index in [-0.39, 0.29) is 17.1 Å². The molecule has 0 bridgehead atoms. The zero-order valence-corrected chi connectivity index (χ0v) is 13.7. The zero-order valence-electron chi connectivity index (χ0n) is 11.5. The predicted octanol–water partition coefficient (Wildman–Crippen LogP) is 4.88. The van der Waals surface area contributed by atoms with Gasteiger partial charge in [-0.2, -0.15) is 0 Å². The molecule has 6 heteroatoms. The van der Waals surface area contributed by atoms with Gasteiger partial charge in [-0.3, -0.25) is 4.79 Å². The number of benzene rings is 1. The molecule has 1 unspecified atom stereocenters. The van der Waals surface area contributed by atoms with Crippen molar-refractivity contribution in [3.63, 3.8) is 0 Å². The van der Waals surface area contributed by atoms with Crippen LogP contribution in [0.5, 0.6) is 0 Å². The number of aromatic nitrogens is 1. The Bertz CT molecular complexity index is 676. The molecule has 0 saturated carbocycles. The minimum absolute atomic E-state index is 0.184. The van der Waals surface area contributed by atoms with E-state index in [4.69, 9.17) is 34.8 Å². The number of halogens is 3. The van der Waals surface area contributed by atoms with Crippen molar-refractivity contribution >= 4 is 40.7 Å². The van der Waals surface area contributed by atoms with Gasteiger partial charge in [0.2, 0.25) is 0 Å². The van der Waals surface area contributed by atoms with Crippen LogP contribution in [0.3, 0.4) is 0 Å². The summed E-state index contributed by atoms with van der Waals surface area (Å²) in [6.07, 6.45) is 1.54. The highest BCUT2D eigenvalue weighted by Gasteiger charge is 2.22. The number of carbonyl (C=O) groups is 1. The Morgan fingerprint density at radius 2 is 1.95 bits per heavy atom. The minimum atomic E-state index is -0.224. The van der Waals surface area contributed by atoms with Crippen molar-refractivity contribution in [3.05, 3.63) is 62.9 Å². The highest BCUT2D eigenvalue weighted by Crippen LogP contribution is 2.30. The van der Waals surface area contributed by atoms with Crippen LogP contribution in [0.4, 0.5) is 0 Å². The van der Waals surface area contributed by atoms with E-state index in [1.54, 1.807) is 42.4 Å². The Balaban J connectivity index is 2.29. The van der Waals surface area contributed by atoms with Gasteiger partial charge in [-0.25, -0.2) is 4.98 Å². The van der Waals surface area contributed by atoms with Gasteiger partial charge in [0, 0.05) is 23.3 Å². The van der Waals surface area contributed by atoms with Crippen LogP contribution in [-0.2, 0) is 0 Å². The van der Waals surface area contributed by atoms with E-state index < -0.39 is 0 Å². The van der Waals surface area contributed by atoms with Crippen molar-refractivity contribution in [1.82, 2.24) is 9.88 Å². The van der Waals surface area contributed by atoms with Gasteiger partial charge in [-0.1, -0.05) is 40.9 Å². The van der Waals surface area contributed by atoms with Crippen LogP contribution in [0.15, 0.2) is 36.5 Å². The number of carbonyl (C=O) groups excluding carboxylic acids is 1. The molecule has 1 aromatic heterocycles. The standard InChI is InChI=1S/C15H13Cl3N2O/c1-9(11-6-5-10(16)8-13(11)17)20(2)15(21)12-4-3-7-19-14(12)18/h3-9H,1-2H3. The van der Waals surface area contributed by atoms with Crippen LogP contribution in [0.1, 0.15) is 28.9 Å². The summed E-state index contributed by atoms with van der Waals surface area (Å²) in [7, 11) is 1.70. The van der Waals surface area contributed by atoms with Gasteiger partial charge in [-0.15, -0.1) is 0 Å². The van der Waals surface area contributed by atoms with Gasteiger partial charge in [0.15, 0.2) is 0 Å². The number of amides is 1. The highest BCUT2D eigenvalue weighted by molar-refractivity contribution is 6.35. The monoisotopic (exact) mass is 342 g/mol. The molecule has 3 nitrogen and oxygen atoms in total. The molecule has 2 aromatic rings. The van der Waals surface area contributed by atoms with E-state index in [9.17, 15) is 4.79 Å². The van der Waals surface area contributed by atoms with Gasteiger partial charge in [0.25, 0.3) is 5.91 Å². The second kappa shape index (κ2) is 6.65. The first-order chi connectivity index (χ1) is 9.91. The van der Waals surface area contributed by atoms with Crippen molar-refractivity contribution < 1.29 is 4.79 Å². The fraction of sp³-hybridized carbons (Fsp3) is 0.200. The van der Waals surface area contributed by atoms with Gasteiger partial charge in [-0.05, 0) is 36.8 Å². The summed E-state index contributed by atoms with van der Waals surface area (Å²) in [4.78, 5) is 18.0. The third kappa shape index (κ3) is 3.49. The second-order valence-corrected chi connectivity index (χ2v) is 5.80. The van der Waals surface area contributed by atoms with E-state index in [0.717, 1.165) is 5.56 Å². The van der Waals surface area contributed by atoms with Crippen molar-refractivity contribution in [3.8, 4) is 0 Å². The molecule has 1 heterocycles. The number of pyridine rings is 1. The molecule has 2 rings (SSSR count). The summed E-state index contributed by atoms with van der Waals surface area (Å²) in [6, 6.07) is 8.30. The Morgan fingerprint density at radius 1 is 1.24 bits per heavy atom. The quantitative estimate of drug-likeness (QED) is 0.745. The summed E-state index contributed by atoms with van der Waals surface area (Å²) in [5.74, 6) is -0.216. The van der Waals surface area contributed by atoms with E-state index in [2.05, 4.69) is 4.98 Å².